The molecule has 18 heavy (non-hydrogen) atoms. The lowest BCUT2D eigenvalue weighted by Gasteiger charge is -2.13. The van der Waals surface area contributed by atoms with Crippen molar-refractivity contribution in [2.45, 2.75) is 13.0 Å². The number of hydrogen-bond acceptors (Lipinski definition) is 5. The minimum Gasteiger partial charge on any atom is -0.467 e. The minimum atomic E-state index is -0.581. The van der Waals surface area contributed by atoms with E-state index < -0.39 is 6.04 Å². The zero-order chi connectivity index (χ0) is 13.0. The van der Waals surface area contributed by atoms with Crippen molar-refractivity contribution < 1.29 is 14.3 Å². The monoisotopic (exact) mass is 247 g/mol. The fraction of sp³-hybridized carbons (Fsp3) is 0.250. The van der Waals surface area contributed by atoms with E-state index in [9.17, 15) is 9.90 Å². The van der Waals surface area contributed by atoms with E-state index in [1.54, 1.807) is 25.1 Å². The van der Waals surface area contributed by atoms with Gasteiger partial charge in [-0.1, -0.05) is 0 Å². The summed E-state index contributed by atoms with van der Waals surface area (Å²) in [4.78, 5) is 19.7. The van der Waals surface area contributed by atoms with E-state index in [1.807, 2.05) is 0 Å². The van der Waals surface area contributed by atoms with Crippen LogP contribution >= 0.6 is 0 Å². The van der Waals surface area contributed by atoms with Crippen molar-refractivity contribution in [2.75, 3.05) is 6.61 Å². The van der Waals surface area contributed by atoms with Gasteiger partial charge in [-0.05, 0) is 25.1 Å². The molecule has 1 atom stereocenters. The number of carbonyl (C=O) groups is 1. The van der Waals surface area contributed by atoms with Crippen molar-refractivity contribution in [2.24, 2.45) is 0 Å². The van der Waals surface area contributed by atoms with Crippen molar-refractivity contribution in [1.29, 1.82) is 0 Å². The summed E-state index contributed by atoms with van der Waals surface area (Å²) in [6.07, 6.45) is 2.81. The van der Waals surface area contributed by atoms with Gasteiger partial charge in [-0.15, -0.1) is 0 Å². The fourth-order valence-electron chi connectivity index (χ4n) is 1.51. The summed E-state index contributed by atoms with van der Waals surface area (Å²) in [6, 6.07) is 4.37. The Bertz CT molecular complexity index is 525. The lowest BCUT2D eigenvalue weighted by atomic mass is 10.2. The van der Waals surface area contributed by atoms with Gasteiger partial charge >= 0.3 is 0 Å². The van der Waals surface area contributed by atoms with E-state index in [-0.39, 0.29) is 18.2 Å². The molecule has 6 nitrogen and oxygen atoms in total. The molecule has 94 valence electrons. The van der Waals surface area contributed by atoms with Gasteiger partial charge in [0.15, 0.2) is 0 Å². The predicted molar refractivity (Wildman–Crippen MR) is 62.8 cm³/mol. The quantitative estimate of drug-likeness (QED) is 0.835. The molecule has 1 unspecified atom stereocenters. The number of nitrogens with one attached hydrogen (secondary N) is 1. The van der Waals surface area contributed by atoms with E-state index in [4.69, 9.17) is 4.42 Å². The molecule has 2 aromatic heterocycles. The third-order valence-electron chi connectivity index (χ3n) is 2.41. The van der Waals surface area contributed by atoms with Crippen LogP contribution in [0.4, 0.5) is 0 Å². The lowest BCUT2D eigenvalue weighted by Crippen LogP contribution is -2.31. The fourth-order valence-corrected chi connectivity index (χ4v) is 1.51. The first kappa shape index (κ1) is 12.3. The summed E-state index contributed by atoms with van der Waals surface area (Å²) < 4.78 is 5.14. The lowest BCUT2D eigenvalue weighted by molar-refractivity contribution is 0.0902. The Morgan fingerprint density at radius 3 is 3.00 bits per heavy atom. The second kappa shape index (κ2) is 5.42. The zero-order valence-corrected chi connectivity index (χ0v) is 9.83. The molecule has 2 rings (SSSR count). The van der Waals surface area contributed by atoms with Crippen LogP contribution in [0, 0.1) is 6.92 Å². The van der Waals surface area contributed by atoms with Gasteiger partial charge in [0.1, 0.15) is 23.8 Å². The Morgan fingerprint density at radius 1 is 1.56 bits per heavy atom. The molecule has 0 spiro atoms. The van der Waals surface area contributed by atoms with Crippen LogP contribution in [0.25, 0.3) is 0 Å². The Labute approximate surface area is 104 Å². The highest BCUT2D eigenvalue weighted by Gasteiger charge is 2.17. The average molecular weight is 247 g/mol. The van der Waals surface area contributed by atoms with Crippen molar-refractivity contribution in [3.05, 3.63) is 47.9 Å². The van der Waals surface area contributed by atoms with E-state index in [1.165, 1.54) is 12.6 Å². The summed E-state index contributed by atoms with van der Waals surface area (Å²) in [5.74, 6) is 0.118. The molecule has 0 aliphatic heterocycles. The SMILES string of the molecule is Cc1cc(C(=O)NC(CO)c2ccco2)ncn1. The number of rotatable bonds is 4. The van der Waals surface area contributed by atoms with Gasteiger partial charge < -0.3 is 14.8 Å². The summed E-state index contributed by atoms with van der Waals surface area (Å²) >= 11 is 0. The zero-order valence-electron chi connectivity index (χ0n) is 9.83. The van der Waals surface area contributed by atoms with E-state index in [2.05, 4.69) is 15.3 Å². The molecule has 0 fully saturated rings. The molecular weight excluding hydrogens is 234 g/mol. The van der Waals surface area contributed by atoms with Crippen LogP contribution in [0.5, 0.6) is 0 Å². The number of aryl methyl sites for hydroxylation is 1. The summed E-state index contributed by atoms with van der Waals surface area (Å²) in [5, 5.41) is 11.9. The number of aliphatic hydroxyl groups is 1. The topological polar surface area (TPSA) is 88.2 Å². The van der Waals surface area contributed by atoms with Crippen LogP contribution in [0.2, 0.25) is 0 Å². The molecule has 0 radical (unpaired) electrons. The highest BCUT2D eigenvalue weighted by atomic mass is 16.3. The Morgan fingerprint density at radius 2 is 2.39 bits per heavy atom. The number of amides is 1. The molecule has 2 N–H and O–H groups in total. The highest BCUT2D eigenvalue weighted by Crippen LogP contribution is 2.13. The highest BCUT2D eigenvalue weighted by molar-refractivity contribution is 5.92. The molecule has 0 saturated carbocycles. The van der Waals surface area contributed by atoms with E-state index in [0.29, 0.717) is 11.5 Å². The van der Waals surface area contributed by atoms with Crippen LogP contribution in [0.1, 0.15) is 28.0 Å². The maximum Gasteiger partial charge on any atom is 0.270 e. The van der Waals surface area contributed by atoms with Crippen LogP contribution in [0.3, 0.4) is 0 Å². The Balaban J connectivity index is 2.11. The number of hydrogen-bond donors (Lipinski definition) is 2. The molecule has 0 aliphatic rings. The van der Waals surface area contributed by atoms with Gasteiger partial charge in [0.2, 0.25) is 0 Å². The van der Waals surface area contributed by atoms with E-state index in [0.717, 1.165) is 0 Å². The number of aliphatic hydroxyl groups excluding tert-OH is 1. The van der Waals surface area contributed by atoms with Gasteiger partial charge in [0, 0.05) is 5.69 Å². The molecular formula is C12H13N3O3. The van der Waals surface area contributed by atoms with Crippen molar-refractivity contribution in [3.8, 4) is 0 Å². The second-order valence-corrected chi connectivity index (χ2v) is 3.77. The standard InChI is InChI=1S/C12H13N3O3/c1-8-5-9(14-7-13-8)12(17)15-10(6-16)11-3-2-4-18-11/h2-5,7,10,16H,6H2,1H3,(H,15,17). The molecule has 0 aliphatic carbocycles. The largest absolute Gasteiger partial charge is 0.467 e. The number of furan rings is 1. The van der Waals surface area contributed by atoms with Gasteiger partial charge in [0.25, 0.3) is 5.91 Å². The maximum absolute atomic E-state index is 11.9. The predicted octanol–water partition coefficient (Wildman–Crippen LogP) is 0.841. The first-order valence-corrected chi connectivity index (χ1v) is 5.44. The van der Waals surface area contributed by atoms with Crippen molar-refractivity contribution in [1.82, 2.24) is 15.3 Å². The third kappa shape index (κ3) is 2.72. The molecule has 0 aromatic carbocycles. The molecule has 0 bridgehead atoms. The van der Waals surface area contributed by atoms with Crippen LogP contribution in [-0.2, 0) is 0 Å². The van der Waals surface area contributed by atoms with E-state index >= 15 is 0 Å². The van der Waals surface area contributed by atoms with Crippen molar-refractivity contribution in [3.63, 3.8) is 0 Å². The maximum atomic E-state index is 11.9. The summed E-state index contributed by atoms with van der Waals surface area (Å²) in [5.41, 5.74) is 0.959. The Hall–Kier alpha value is -2.21. The average Bonchev–Trinajstić information content (AvgIpc) is 2.89. The summed E-state index contributed by atoms with van der Waals surface area (Å²) in [7, 11) is 0. The molecule has 2 heterocycles. The van der Waals surface area contributed by atoms with Crippen LogP contribution in [0.15, 0.2) is 35.2 Å². The summed E-state index contributed by atoms with van der Waals surface area (Å²) in [6.45, 7) is 1.53. The number of carbonyl (C=O) groups excluding carboxylic acids is 1. The number of aromatic nitrogens is 2. The number of nitrogens with zero attached hydrogens (tertiary/aromatic N) is 2. The normalized spacial score (nSPS) is 12.1. The van der Waals surface area contributed by atoms with Crippen LogP contribution < -0.4 is 5.32 Å². The molecule has 1 amide bonds. The van der Waals surface area contributed by atoms with Gasteiger partial charge in [-0.3, -0.25) is 4.79 Å². The van der Waals surface area contributed by atoms with Gasteiger partial charge in [-0.2, -0.15) is 0 Å². The van der Waals surface area contributed by atoms with Gasteiger partial charge in [0.05, 0.1) is 12.9 Å². The molecule has 0 saturated heterocycles. The first-order valence-electron chi connectivity index (χ1n) is 5.44. The second-order valence-electron chi connectivity index (χ2n) is 3.77. The first-order chi connectivity index (χ1) is 8.70. The minimum absolute atomic E-state index is 0.247. The van der Waals surface area contributed by atoms with Crippen LogP contribution in [-0.4, -0.2) is 27.6 Å². The van der Waals surface area contributed by atoms with Gasteiger partial charge in [-0.25, -0.2) is 9.97 Å². The van der Waals surface area contributed by atoms with Crippen molar-refractivity contribution >= 4 is 5.91 Å². The third-order valence-corrected chi connectivity index (χ3v) is 2.41. The molecule has 6 heteroatoms. The smallest absolute Gasteiger partial charge is 0.270 e. The Kier molecular flexibility index (Phi) is 3.69. The molecule has 2 aromatic rings.